The topological polar surface area (TPSA) is 165 Å². The summed E-state index contributed by atoms with van der Waals surface area (Å²) in [5.41, 5.74) is 16.1. The van der Waals surface area contributed by atoms with Crippen LogP contribution in [-0.2, 0) is 14.3 Å². The number of hydrogen-bond acceptors (Lipinski definition) is 5. The Bertz CT molecular complexity index is 404. The van der Waals surface area contributed by atoms with E-state index in [1.165, 1.54) is 0 Å². The van der Waals surface area contributed by atoms with E-state index < -0.39 is 0 Å². The average molecular weight is 326 g/mol. The number of carbonyl (C=O) groups excluding carboxylic acids is 2. The van der Waals surface area contributed by atoms with Gasteiger partial charge in [0.15, 0.2) is 0 Å². The first-order chi connectivity index (χ1) is 11.2. The average Bonchev–Trinajstić information content (AvgIpc) is 2.54. The van der Waals surface area contributed by atoms with Crippen molar-refractivity contribution >= 4 is 11.8 Å². The molecule has 0 rings (SSSR count). The molecule has 128 valence electrons. The summed E-state index contributed by atoms with van der Waals surface area (Å²) in [7, 11) is 0. The van der Waals surface area contributed by atoms with Crippen LogP contribution in [-0.4, -0.2) is 51.2 Å². The second-order valence-corrected chi connectivity index (χ2v) is 4.43. The highest BCUT2D eigenvalue weighted by Gasteiger charge is 2.01. The molecular formula is C12H22N8O3. The normalized spacial score (nSPS) is 9.39. The fourth-order valence-corrected chi connectivity index (χ4v) is 1.51. The third-order valence-electron chi connectivity index (χ3n) is 2.59. The number of ether oxygens (including phenoxy) is 1. The fraction of sp³-hybridized carbons (Fsp3) is 0.833. The molecule has 0 atom stereocenters. The molecule has 0 aliphatic heterocycles. The molecule has 0 heterocycles. The van der Waals surface area contributed by atoms with Crippen LogP contribution in [0.4, 0.5) is 0 Å². The molecule has 0 aliphatic carbocycles. The minimum atomic E-state index is -0.116. The summed E-state index contributed by atoms with van der Waals surface area (Å²) in [6.45, 7) is 2.11. The van der Waals surface area contributed by atoms with Gasteiger partial charge >= 0.3 is 0 Å². The van der Waals surface area contributed by atoms with Crippen molar-refractivity contribution in [3.63, 3.8) is 0 Å². The molecule has 11 nitrogen and oxygen atoms in total. The number of nitrogens with zero attached hydrogens (tertiary/aromatic N) is 6. The Kier molecular flexibility index (Phi) is 14.2. The Balaban J connectivity index is 3.35. The van der Waals surface area contributed by atoms with Crippen molar-refractivity contribution in [1.29, 1.82) is 0 Å². The minimum absolute atomic E-state index is 0.116. The first kappa shape index (κ1) is 20.5. The second-order valence-electron chi connectivity index (χ2n) is 4.43. The van der Waals surface area contributed by atoms with E-state index in [9.17, 15) is 9.59 Å². The Morgan fingerprint density at radius 2 is 1.30 bits per heavy atom. The van der Waals surface area contributed by atoms with Gasteiger partial charge in [-0.3, -0.25) is 9.59 Å². The van der Waals surface area contributed by atoms with Gasteiger partial charge in [-0.2, -0.15) is 0 Å². The summed E-state index contributed by atoms with van der Waals surface area (Å²) in [5.74, 6) is -0.231. The summed E-state index contributed by atoms with van der Waals surface area (Å²) in [6, 6.07) is 0. The van der Waals surface area contributed by atoms with Gasteiger partial charge in [-0.05, 0) is 23.9 Å². The molecule has 0 unspecified atom stereocenters. The van der Waals surface area contributed by atoms with Crippen LogP contribution in [0, 0.1) is 0 Å². The molecule has 2 amide bonds. The van der Waals surface area contributed by atoms with Crippen LogP contribution < -0.4 is 10.6 Å². The SMILES string of the molecule is [N-]=[N+]=NCCCC(=O)NCCOCCNC(=O)CCCN=[N+]=[N-]. The summed E-state index contributed by atoms with van der Waals surface area (Å²) in [5, 5.41) is 12.0. The molecule has 0 bridgehead atoms. The number of amides is 2. The molecule has 0 aromatic carbocycles. The zero-order chi connectivity index (χ0) is 17.2. The Hall–Kier alpha value is -2.48. The van der Waals surface area contributed by atoms with Crippen LogP contribution in [0.3, 0.4) is 0 Å². The summed E-state index contributed by atoms with van der Waals surface area (Å²) < 4.78 is 5.26. The highest BCUT2D eigenvalue weighted by molar-refractivity contribution is 5.76. The largest absolute Gasteiger partial charge is 0.378 e. The number of rotatable bonds is 14. The van der Waals surface area contributed by atoms with Gasteiger partial charge in [0.2, 0.25) is 11.8 Å². The molecule has 2 N–H and O–H groups in total. The minimum Gasteiger partial charge on any atom is -0.378 e. The van der Waals surface area contributed by atoms with Crippen molar-refractivity contribution in [1.82, 2.24) is 10.6 Å². The first-order valence-electron chi connectivity index (χ1n) is 7.33. The third kappa shape index (κ3) is 15.7. The Morgan fingerprint density at radius 3 is 1.70 bits per heavy atom. The van der Waals surface area contributed by atoms with Crippen molar-refractivity contribution in [2.45, 2.75) is 25.7 Å². The van der Waals surface area contributed by atoms with E-state index in [0.29, 0.717) is 65.1 Å². The maximum atomic E-state index is 11.3. The van der Waals surface area contributed by atoms with Crippen LogP contribution in [0.5, 0.6) is 0 Å². The third-order valence-corrected chi connectivity index (χ3v) is 2.59. The molecule has 0 saturated carbocycles. The summed E-state index contributed by atoms with van der Waals surface area (Å²) in [4.78, 5) is 27.9. The lowest BCUT2D eigenvalue weighted by atomic mass is 10.3. The molecule has 0 saturated heterocycles. The van der Waals surface area contributed by atoms with E-state index in [1.54, 1.807) is 0 Å². The standard InChI is InChI=1S/C12H22N8O3/c13-19-17-5-1-3-11(21)15-7-9-23-10-8-16-12(22)4-2-6-18-20-14/h1-10H2,(H,15,21)(H,16,22). The van der Waals surface area contributed by atoms with Crippen LogP contribution >= 0.6 is 0 Å². The maximum Gasteiger partial charge on any atom is 0.220 e. The van der Waals surface area contributed by atoms with Gasteiger partial charge in [-0.1, -0.05) is 10.2 Å². The highest BCUT2D eigenvalue weighted by atomic mass is 16.5. The molecular weight excluding hydrogens is 304 g/mol. The first-order valence-corrected chi connectivity index (χ1v) is 7.33. The van der Waals surface area contributed by atoms with E-state index in [-0.39, 0.29) is 11.8 Å². The molecule has 0 aromatic heterocycles. The Labute approximate surface area is 134 Å². The molecule has 23 heavy (non-hydrogen) atoms. The van der Waals surface area contributed by atoms with Gasteiger partial charge in [0.1, 0.15) is 0 Å². The van der Waals surface area contributed by atoms with E-state index in [4.69, 9.17) is 15.8 Å². The van der Waals surface area contributed by atoms with Crippen LogP contribution in [0.15, 0.2) is 10.2 Å². The number of carbonyl (C=O) groups is 2. The summed E-state index contributed by atoms with van der Waals surface area (Å²) in [6.07, 6.45) is 1.65. The lowest BCUT2D eigenvalue weighted by molar-refractivity contribution is -0.121. The Morgan fingerprint density at radius 1 is 0.870 bits per heavy atom. The molecule has 11 heteroatoms. The van der Waals surface area contributed by atoms with Gasteiger partial charge in [-0.15, -0.1) is 0 Å². The van der Waals surface area contributed by atoms with E-state index in [1.807, 2.05) is 0 Å². The van der Waals surface area contributed by atoms with Gasteiger partial charge in [-0.25, -0.2) is 0 Å². The zero-order valence-corrected chi connectivity index (χ0v) is 13.0. The van der Waals surface area contributed by atoms with Gasteiger partial charge in [0.05, 0.1) is 13.2 Å². The van der Waals surface area contributed by atoms with Crippen molar-refractivity contribution in [2.75, 3.05) is 39.4 Å². The van der Waals surface area contributed by atoms with Crippen LogP contribution in [0.25, 0.3) is 20.9 Å². The quantitative estimate of drug-likeness (QED) is 0.213. The van der Waals surface area contributed by atoms with Gasteiger partial charge in [0.25, 0.3) is 0 Å². The summed E-state index contributed by atoms with van der Waals surface area (Å²) >= 11 is 0. The van der Waals surface area contributed by atoms with Crippen molar-refractivity contribution < 1.29 is 14.3 Å². The lowest BCUT2D eigenvalue weighted by Crippen LogP contribution is -2.30. The molecule has 0 aliphatic rings. The smallest absolute Gasteiger partial charge is 0.220 e. The van der Waals surface area contributed by atoms with Gasteiger partial charge in [0, 0.05) is 48.8 Å². The molecule has 0 spiro atoms. The number of hydrogen-bond donors (Lipinski definition) is 2. The zero-order valence-electron chi connectivity index (χ0n) is 13.0. The van der Waals surface area contributed by atoms with Crippen LogP contribution in [0.1, 0.15) is 25.7 Å². The van der Waals surface area contributed by atoms with E-state index in [2.05, 4.69) is 30.7 Å². The molecule has 0 aromatic rings. The molecule has 0 fully saturated rings. The number of azide groups is 2. The predicted octanol–water partition coefficient (Wildman–Crippen LogP) is 1.42. The second kappa shape index (κ2) is 15.9. The van der Waals surface area contributed by atoms with Crippen molar-refractivity contribution in [3.05, 3.63) is 20.9 Å². The maximum absolute atomic E-state index is 11.3. The van der Waals surface area contributed by atoms with Crippen LogP contribution in [0.2, 0.25) is 0 Å². The molecule has 0 radical (unpaired) electrons. The monoisotopic (exact) mass is 326 g/mol. The fourth-order valence-electron chi connectivity index (χ4n) is 1.51. The predicted molar refractivity (Wildman–Crippen MR) is 83.3 cm³/mol. The highest BCUT2D eigenvalue weighted by Crippen LogP contribution is 1.90. The number of nitrogens with one attached hydrogen (secondary N) is 2. The lowest BCUT2D eigenvalue weighted by Gasteiger charge is -2.07. The van der Waals surface area contributed by atoms with E-state index in [0.717, 1.165) is 0 Å². The van der Waals surface area contributed by atoms with E-state index >= 15 is 0 Å². The van der Waals surface area contributed by atoms with Gasteiger partial charge < -0.3 is 15.4 Å². The van der Waals surface area contributed by atoms with Crippen molar-refractivity contribution in [3.8, 4) is 0 Å². The van der Waals surface area contributed by atoms with Crippen molar-refractivity contribution in [2.24, 2.45) is 10.2 Å².